The number of hydrogen-bond acceptors (Lipinski definition) is 4. The Balaban J connectivity index is 2.27. The molecule has 0 saturated carbocycles. The molecule has 1 unspecified atom stereocenters. The fourth-order valence-electron chi connectivity index (χ4n) is 2.04. The lowest BCUT2D eigenvalue weighted by molar-refractivity contribution is -0.112. The highest BCUT2D eigenvalue weighted by molar-refractivity contribution is 7.89. The van der Waals surface area contributed by atoms with Crippen molar-refractivity contribution in [2.75, 3.05) is 13.1 Å². The van der Waals surface area contributed by atoms with Gasteiger partial charge in [0.25, 0.3) is 0 Å². The van der Waals surface area contributed by atoms with Gasteiger partial charge in [-0.15, -0.1) is 0 Å². The monoisotopic (exact) mass is 257 g/mol. The van der Waals surface area contributed by atoms with Crippen LogP contribution in [0.1, 0.15) is 18.5 Å². The molecule has 0 amide bonds. The molecule has 6 nitrogen and oxygen atoms in total. The molecule has 0 bridgehead atoms. The molecule has 0 radical (unpaired) electrons. The second kappa shape index (κ2) is 4.58. The predicted octanol–water partition coefficient (Wildman–Crippen LogP) is 0.318. The van der Waals surface area contributed by atoms with Gasteiger partial charge in [0.2, 0.25) is 10.0 Å². The minimum atomic E-state index is -3.51. The maximum Gasteiger partial charge on any atom is 0.246 e. The van der Waals surface area contributed by atoms with Gasteiger partial charge in [0, 0.05) is 19.0 Å². The lowest BCUT2D eigenvalue weighted by Crippen LogP contribution is -2.40. The molecule has 94 valence electrons. The molecule has 1 aromatic rings. The van der Waals surface area contributed by atoms with Crippen molar-refractivity contribution in [2.24, 2.45) is 5.92 Å². The van der Waals surface area contributed by atoms with E-state index in [0.717, 1.165) is 19.1 Å². The first-order chi connectivity index (χ1) is 8.05. The summed E-state index contributed by atoms with van der Waals surface area (Å²) < 4.78 is 25.9. The Morgan fingerprint density at radius 2 is 2.35 bits per heavy atom. The number of aromatic amines is 1. The van der Waals surface area contributed by atoms with Gasteiger partial charge in [-0.2, -0.15) is 9.40 Å². The predicted molar refractivity (Wildman–Crippen MR) is 60.9 cm³/mol. The molecule has 2 rings (SSSR count). The first-order valence-electron chi connectivity index (χ1n) is 5.51. The van der Waals surface area contributed by atoms with Gasteiger partial charge in [-0.1, -0.05) is 0 Å². The Kier molecular flexibility index (Phi) is 3.30. The van der Waals surface area contributed by atoms with Crippen LogP contribution in [0.2, 0.25) is 0 Å². The summed E-state index contributed by atoms with van der Waals surface area (Å²) in [5.41, 5.74) is 0.526. The Hall–Kier alpha value is -1.21. The third kappa shape index (κ3) is 2.25. The molecule has 1 atom stereocenters. The number of piperidine rings is 1. The average Bonchev–Trinajstić information content (AvgIpc) is 2.76. The van der Waals surface area contributed by atoms with Gasteiger partial charge in [0.15, 0.2) is 0 Å². The molecular formula is C10H15N3O3S. The van der Waals surface area contributed by atoms with Crippen molar-refractivity contribution in [2.45, 2.75) is 24.7 Å². The Labute approximate surface area is 100 Å². The first kappa shape index (κ1) is 12.3. The Morgan fingerprint density at radius 1 is 1.59 bits per heavy atom. The number of nitrogens with zero attached hydrogens (tertiary/aromatic N) is 2. The molecule has 1 saturated heterocycles. The number of hydrogen-bond donors (Lipinski definition) is 1. The van der Waals surface area contributed by atoms with Crippen molar-refractivity contribution in [3.8, 4) is 0 Å². The number of carbonyl (C=O) groups is 1. The third-order valence-electron chi connectivity index (χ3n) is 3.01. The minimum absolute atomic E-state index is 0.189. The van der Waals surface area contributed by atoms with E-state index in [1.54, 1.807) is 6.92 Å². The second-order valence-electron chi connectivity index (χ2n) is 4.26. The molecule has 0 aliphatic carbocycles. The fourth-order valence-corrected chi connectivity index (χ4v) is 3.70. The molecular weight excluding hydrogens is 242 g/mol. The summed E-state index contributed by atoms with van der Waals surface area (Å²) in [5, 5.41) is 6.34. The summed E-state index contributed by atoms with van der Waals surface area (Å²) in [5.74, 6) is -0.189. The summed E-state index contributed by atoms with van der Waals surface area (Å²) in [4.78, 5) is 10.9. The zero-order chi connectivity index (χ0) is 12.5. The number of aryl methyl sites for hydroxylation is 1. The second-order valence-corrected chi connectivity index (χ2v) is 6.17. The van der Waals surface area contributed by atoms with Crippen LogP contribution in [-0.4, -0.2) is 42.3 Å². The van der Waals surface area contributed by atoms with Crippen LogP contribution >= 0.6 is 0 Å². The minimum Gasteiger partial charge on any atom is -0.303 e. The van der Waals surface area contributed by atoms with E-state index in [1.165, 1.54) is 10.5 Å². The van der Waals surface area contributed by atoms with Crippen LogP contribution in [0.15, 0.2) is 11.1 Å². The van der Waals surface area contributed by atoms with Crippen molar-refractivity contribution in [1.29, 1.82) is 0 Å². The summed E-state index contributed by atoms with van der Waals surface area (Å²) in [6.07, 6.45) is 3.64. The normalized spacial score (nSPS) is 22.5. The summed E-state index contributed by atoms with van der Waals surface area (Å²) in [6.45, 7) is 2.41. The van der Waals surface area contributed by atoms with Crippen LogP contribution < -0.4 is 0 Å². The van der Waals surface area contributed by atoms with E-state index in [9.17, 15) is 13.2 Å². The van der Waals surface area contributed by atoms with Crippen LogP contribution in [0.3, 0.4) is 0 Å². The molecule has 1 aliphatic rings. The lowest BCUT2D eigenvalue weighted by atomic mass is 10.0. The van der Waals surface area contributed by atoms with Crippen molar-refractivity contribution in [1.82, 2.24) is 14.5 Å². The SMILES string of the molecule is Cc1[nH]ncc1S(=O)(=O)N1CCCC(C=O)C1. The van der Waals surface area contributed by atoms with E-state index in [1.807, 2.05) is 0 Å². The van der Waals surface area contributed by atoms with E-state index in [2.05, 4.69) is 10.2 Å². The number of aromatic nitrogens is 2. The van der Waals surface area contributed by atoms with Crippen molar-refractivity contribution in [3.63, 3.8) is 0 Å². The molecule has 1 aromatic heterocycles. The Bertz CT molecular complexity index is 509. The topological polar surface area (TPSA) is 83.1 Å². The first-order valence-corrected chi connectivity index (χ1v) is 6.95. The van der Waals surface area contributed by atoms with Gasteiger partial charge >= 0.3 is 0 Å². The molecule has 7 heteroatoms. The van der Waals surface area contributed by atoms with Crippen molar-refractivity contribution in [3.05, 3.63) is 11.9 Å². The van der Waals surface area contributed by atoms with Crippen LogP contribution in [-0.2, 0) is 14.8 Å². The largest absolute Gasteiger partial charge is 0.303 e. The quantitative estimate of drug-likeness (QED) is 0.790. The molecule has 1 fully saturated rings. The van der Waals surface area contributed by atoms with Gasteiger partial charge in [0.05, 0.1) is 11.9 Å². The van der Waals surface area contributed by atoms with E-state index in [4.69, 9.17) is 0 Å². The van der Waals surface area contributed by atoms with Crippen LogP contribution in [0.5, 0.6) is 0 Å². The average molecular weight is 257 g/mol. The third-order valence-corrected chi connectivity index (χ3v) is 4.99. The zero-order valence-electron chi connectivity index (χ0n) is 9.59. The van der Waals surface area contributed by atoms with Gasteiger partial charge < -0.3 is 4.79 Å². The van der Waals surface area contributed by atoms with E-state index in [0.29, 0.717) is 12.2 Å². The lowest BCUT2D eigenvalue weighted by Gasteiger charge is -2.29. The number of nitrogens with one attached hydrogen (secondary N) is 1. The highest BCUT2D eigenvalue weighted by Gasteiger charge is 2.31. The molecule has 1 N–H and O–H groups in total. The zero-order valence-corrected chi connectivity index (χ0v) is 10.4. The van der Waals surface area contributed by atoms with Crippen LogP contribution in [0.25, 0.3) is 0 Å². The molecule has 1 aliphatic heterocycles. The standard InChI is InChI=1S/C10H15N3O3S/c1-8-10(5-11-12-8)17(15,16)13-4-2-3-9(6-13)7-14/h5,7,9H,2-4,6H2,1H3,(H,11,12). The Morgan fingerprint density at radius 3 is 2.94 bits per heavy atom. The van der Waals surface area contributed by atoms with Crippen LogP contribution in [0, 0.1) is 12.8 Å². The summed E-state index contributed by atoms with van der Waals surface area (Å²) >= 11 is 0. The van der Waals surface area contributed by atoms with Gasteiger partial charge in [-0.05, 0) is 19.8 Å². The summed E-state index contributed by atoms with van der Waals surface area (Å²) in [6, 6.07) is 0. The smallest absolute Gasteiger partial charge is 0.246 e. The number of H-pyrrole nitrogens is 1. The number of rotatable bonds is 3. The highest BCUT2D eigenvalue weighted by Crippen LogP contribution is 2.23. The molecule has 0 aromatic carbocycles. The fraction of sp³-hybridized carbons (Fsp3) is 0.600. The van der Waals surface area contributed by atoms with E-state index >= 15 is 0 Å². The van der Waals surface area contributed by atoms with Crippen molar-refractivity contribution < 1.29 is 13.2 Å². The van der Waals surface area contributed by atoms with Crippen molar-refractivity contribution >= 4 is 16.3 Å². The van der Waals surface area contributed by atoms with Gasteiger partial charge in [0.1, 0.15) is 11.2 Å². The van der Waals surface area contributed by atoms with E-state index < -0.39 is 10.0 Å². The maximum atomic E-state index is 12.3. The maximum absolute atomic E-state index is 12.3. The van der Waals surface area contributed by atoms with Gasteiger partial charge in [-0.3, -0.25) is 5.10 Å². The number of aldehydes is 1. The molecule has 2 heterocycles. The summed E-state index contributed by atoms with van der Waals surface area (Å²) in [7, 11) is -3.51. The highest BCUT2D eigenvalue weighted by atomic mass is 32.2. The molecule has 0 spiro atoms. The molecule has 17 heavy (non-hydrogen) atoms. The van der Waals surface area contributed by atoms with Crippen LogP contribution in [0.4, 0.5) is 0 Å². The van der Waals surface area contributed by atoms with E-state index in [-0.39, 0.29) is 17.4 Å². The van der Waals surface area contributed by atoms with Gasteiger partial charge in [-0.25, -0.2) is 8.42 Å². The number of carbonyl (C=O) groups excluding carboxylic acids is 1. The number of sulfonamides is 1.